The molecule has 0 saturated carbocycles. The molecular formula is C25H36N4O3. The van der Waals surface area contributed by atoms with Gasteiger partial charge in [-0.3, -0.25) is 9.79 Å². The van der Waals surface area contributed by atoms with E-state index in [-0.39, 0.29) is 5.91 Å². The van der Waals surface area contributed by atoms with E-state index < -0.39 is 0 Å². The normalized spacial score (nSPS) is 11.3. The number of amides is 1. The van der Waals surface area contributed by atoms with E-state index in [2.05, 4.69) is 59.9 Å². The third-order valence-electron chi connectivity index (χ3n) is 4.88. The van der Waals surface area contributed by atoms with Crippen molar-refractivity contribution in [2.45, 2.75) is 47.2 Å². The van der Waals surface area contributed by atoms with Gasteiger partial charge in [-0.2, -0.15) is 0 Å². The minimum absolute atomic E-state index is 0.143. The maximum atomic E-state index is 11.5. The van der Waals surface area contributed by atoms with Crippen LogP contribution in [0.15, 0.2) is 41.4 Å². The highest BCUT2D eigenvalue weighted by Crippen LogP contribution is 2.25. The fourth-order valence-corrected chi connectivity index (χ4v) is 3.08. The van der Waals surface area contributed by atoms with E-state index >= 15 is 0 Å². The number of hydrogen-bond donors (Lipinski definition) is 3. The molecule has 0 spiro atoms. The Morgan fingerprint density at radius 3 is 2.47 bits per heavy atom. The van der Waals surface area contributed by atoms with Crippen LogP contribution in [-0.4, -0.2) is 32.6 Å². The van der Waals surface area contributed by atoms with Crippen molar-refractivity contribution in [3.63, 3.8) is 0 Å². The van der Waals surface area contributed by atoms with Crippen LogP contribution in [0.5, 0.6) is 11.5 Å². The smallest absolute Gasteiger partial charge is 0.221 e. The number of methoxy groups -OCH3 is 1. The number of rotatable bonds is 10. The van der Waals surface area contributed by atoms with Gasteiger partial charge in [0.2, 0.25) is 5.91 Å². The Kier molecular flexibility index (Phi) is 9.85. The molecule has 0 aliphatic rings. The molecule has 3 N–H and O–H groups in total. The molecule has 174 valence electrons. The molecule has 0 bridgehead atoms. The Hall–Kier alpha value is -3.22. The molecule has 32 heavy (non-hydrogen) atoms. The van der Waals surface area contributed by atoms with Crippen molar-refractivity contribution in [1.82, 2.24) is 10.6 Å². The monoisotopic (exact) mass is 440 g/mol. The van der Waals surface area contributed by atoms with Gasteiger partial charge in [0.05, 0.1) is 19.4 Å². The van der Waals surface area contributed by atoms with Crippen LogP contribution >= 0.6 is 0 Å². The number of benzene rings is 2. The van der Waals surface area contributed by atoms with Gasteiger partial charge in [0.25, 0.3) is 0 Å². The number of anilines is 1. The maximum Gasteiger partial charge on any atom is 0.221 e. The van der Waals surface area contributed by atoms with Gasteiger partial charge in [0, 0.05) is 32.6 Å². The van der Waals surface area contributed by atoms with Crippen molar-refractivity contribution in [1.29, 1.82) is 0 Å². The number of carbonyl (C=O) groups is 1. The molecule has 7 heteroatoms. The molecule has 1 amide bonds. The van der Waals surface area contributed by atoms with Crippen molar-refractivity contribution >= 4 is 17.6 Å². The predicted octanol–water partition coefficient (Wildman–Crippen LogP) is 4.25. The second-order valence-corrected chi connectivity index (χ2v) is 8.14. The summed E-state index contributed by atoms with van der Waals surface area (Å²) in [4.78, 5) is 15.8. The Labute approximate surface area is 191 Å². The standard InChI is InChI=1S/C25H36N4O3/c1-17(2)11-12-32-24-13-18(3)7-9-21(24)16-28-25(26-5)27-15-20-8-10-23(31-6)22(14-20)29-19(4)30/h7-10,13-14,17H,11-12,15-16H2,1-6H3,(H,29,30)(H2,26,27,28). The fourth-order valence-electron chi connectivity index (χ4n) is 3.08. The number of ether oxygens (including phenoxy) is 2. The second kappa shape index (κ2) is 12.6. The summed E-state index contributed by atoms with van der Waals surface area (Å²) in [7, 11) is 3.32. The average Bonchev–Trinajstić information content (AvgIpc) is 2.74. The number of aryl methyl sites for hydroxylation is 1. The first-order chi connectivity index (χ1) is 15.3. The third kappa shape index (κ3) is 8.13. The number of hydrogen-bond acceptors (Lipinski definition) is 4. The van der Waals surface area contributed by atoms with Gasteiger partial charge in [0.1, 0.15) is 11.5 Å². The highest BCUT2D eigenvalue weighted by molar-refractivity contribution is 5.90. The van der Waals surface area contributed by atoms with Gasteiger partial charge in [-0.05, 0) is 48.6 Å². The molecule has 2 aromatic carbocycles. The van der Waals surface area contributed by atoms with Gasteiger partial charge >= 0.3 is 0 Å². The molecule has 0 heterocycles. The first-order valence-corrected chi connectivity index (χ1v) is 10.9. The summed E-state index contributed by atoms with van der Waals surface area (Å²) >= 11 is 0. The van der Waals surface area contributed by atoms with Crippen LogP contribution < -0.4 is 25.4 Å². The largest absolute Gasteiger partial charge is 0.495 e. The predicted molar refractivity (Wildman–Crippen MR) is 130 cm³/mol. The Bertz CT molecular complexity index is 925. The summed E-state index contributed by atoms with van der Waals surface area (Å²) in [6.45, 7) is 9.77. The van der Waals surface area contributed by atoms with E-state index in [4.69, 9.17) is 9.47 Å². The van der Waals surface area contributed by atoms with Gasteiger partial charge < -0.3 is 25.4 Å². The van der Waals surface area contributed by atoms with E-state index in [1.54, 1.807) is 14.2 Å². The van der Waals surface area contributed by atoms with Crippen LogP contribution in [-0.2, 0) is 17.9 Å². The minimum atomic E-state index is -0.143. The summed E-state index contributed by atoms with van der Waals surface area (Å²) in [6, 6.07) is 11.9. The van der Waals surface area contributed by atoms with Gasteiger partial charge in [0.15, 0.2) is 5.96 Å². The highest BCUT2D eigenvalue weighted by Gasteiger charge is 2.09. The van der Waals surface area contributed by atoms with Crippen molar-refractivity contribution in [2.75, 3.05) is 26.1 Å². The topological polar surface area (TPSA) is 84.0 Å². The lowest BCUT2D eigenvalue weighted by Gasteiger charge is -2.16. The molecule has 0 aliphatic heterocycles. The summed E-state index contributed by atoms with van der Waals surface area (Å²) in [6.07, 6.45) is 1.02. The third-order valence-corrected chi connectivity index (χ3v) is 4.88. The van der Waals surface area contributed by atoms with Gasteiger partial charge in [-0.25, -0.2) is 0 Å². The van der Waals surface area contributed by atoms with Crippen molar-refractivity contribution < 1.29 is 14.3 Å². The van der Waals surface area contributed by atoms with E-state index in [9.17, 15) is 4.79 Å². The molecule has 2 rings (SSSR count). The Morgan fingerprint density at radius 2 is 1.81 bits per heavy atom. The number of nitrogens with zero attached hydrogens (tertiary/aromatic N) is 1. The van der Waals surface area contributed by atoms with Crippen molar-refractivity contribution in [2.24, 2.45) is 10.9 Å². The van der Waals surface area contributed by atoms with Gasteiger partial charge in [-0.15, -0.1) is 0 Å². The molecule has 0 unspecified atom stereocenters. The average molecular weight is 441 g/mol. The van der Waals surface area contributed by atoms with Crippen molar-refractivity contribution in [3.05, 3.63) is 53.1 Å². The molecule has 0 fully saturated rings. The quantitative estimate of drug-likeness (QED) is 0.380. The second-order valence-electron chi connectivity index (χ2n) is 8.14. The summed E-state index contributed by atoms with van der Waals surface area (Å²) in [5.74, 6) is 2.67. The van der Waals surface area contributed by atoms with E-state index in [0.717, 1.165) is 23.3 Å². The maximum absolute atomic E-state index is 11.5. The lowest BCUT2D eigenvalue weighted by atomic mass is 10.1. The first kappa shape index (κ1) is 25.0. The molecule has 7 nitrogen and oxygen atoms in total. The van der Waals surface area contributed by atoms with Crippen LogP contribution in [0, 0.1) is 12.8 Å². The van der Waals surface area contributed by atoms with Crippen LogP contribution in [0.1, 0.15) is 43.9 Å². The number of carbonyl (C=O) groups excluding carboxylic acids is 1. The molecule has 0 aromatic heterocycles. The van der Waals surface area contributed by atoms with Crippen LogP contribution in [0.25, 0.3) is 0 Å². The molecular weight excluding hydrogens is 404 g/mol. The number of guanidine groups is 1. The minimum Gasteiger partial charge on any atom is -0.495 e. The van der Waals surface area contributed by atoms with E-state index in [1.165, 1.54) is 12.5 Å². The van der Waals surface area contributed by atoms with Crippen LogP contribution in [0.2, 0.25) is 0 Å². The zero-order valence-electron chi connectivity index (χ0n) is 20.0. The Morgan fingerprint density at radius 1 is 1.06 bits per heavy atom. The van der Waals surface area contributed by atoms with Crippen molar-refractivity contribution in [3.8, 4) is 11.5 Å². The highest BCUT2D eigenvalue weighted by atomic mass is 16.5. The Balaban J connectivity index is 1.98. The molecule has 0 saturated heterocycles. The summed E-state index contributed by atoms with van der Waals surface area (Å²) in [5.41, 5.74) is 3.89. The number of nitrogens with one attached hydrogen (secondary N) is 3. The zero-order chi connectivity index (χ0) is 23.5. The van der Waals surface area contributed by atoms with E-state index in [0.29, 0.717) is 43.0 Å². The molecule has 0 radical (unpaired) electrons. The van der Waals surface area contributed by atoms with Crippen LogP contribution in [0.4, 0.5) is 5.69 Å². The fraction of sp³-hybridized carbons (Fsp3) is 0.440. The molecule has 0 atom stereocenters. The summed E-state index contributed by atoms with van der Waals surface area (Å²) < 4.78 is 11.4. The molecule has 0 aliphatic carbocycles. The lowest BCUT2D eigenvalue weighted by molar-refractivity contribution is -0.114. The SMILES string of the molecule is CN=C(NCc1ccc(OC)c(NC(C)=O)c1)NCc1ccc(C)cc1OCCC(C)C. The van der Waals surface area contributed by atoms with Crippen LogP contribution in [0.3, 0.4) is 0 Å². The zero-order valence-corrected chi connectivity index (χ0v) is 20.0. The number of aliphatic imine (C=N–C) groups is 1. The van der Waals surface area contributed by atoms with E-state index in [1.807, 2.05) is 18.2 Å². The molecule has 2 aromatic rings. The first-order valence-electron chi connectivity index (χ1n) is 10.9. The van der Waals surface area contributed by atoms with Gasteiger partial charge in [-0.1, -0.05) is 32.0 Å². The lowest BCUT2D eigenvalue weighted by Crippen LogP contribution is -2.36. The summed E-state index contributed by atoms with van der Waals surface area (Å²) in [5, 5.41) is 9.45.